The van der Waals surface area contributed by atoms with Crippen molar-refractivity contribution in [3.63, 3.8) is 0 Å². The van der Waals surface area contributed by atoms with Crippen LogP contribution in [0, 0.1) is 0 Å². The molecule has 0 atom stereocenters. The molecule has 2 aromatic rings. The van der Waals surface area contributed by atoms with Gasteiger partial charge in [0.25, 0.3) is 0 Å². The second-order valence-electron chi connectivity index (χ2n) is 4.59. The third-order valence-electron chi connectivity index (χ3n) is 2.59. The molecule has 0 aliphatic rings. The molecule has 0 aliphatic heterocycles. The summed E-state index contributed by atoms with van der Waals surface area (Å²) in [5.74, 6) is 0.296. The summed E-state index contributed by atoms with van der Waals surface area (Å²) in [5, 5.41) is 4.49. The van der Waals surface area contributed by atoms with E-state index in [0.29, 0.717) is 26.9 Å². The van der Waals surface area contributed by atoms with Crippen LogP contribution in [0.3, 0.4) is 0 Å². The quantitative estimate of drug-likeness (QED) is 0.592. The molecule has 0 radical (unpaired) electrons. The van der Waals surface area contributed by atoms with Crippen LogP contribution in [0.1, 0.15) is 0 Å². The first-order valence-corrected chi connectivity index (χ1v) is 9.79. The minimum atomic E-state index is -2.59. The number of halogens is 4. The lowest BCUT2D eigenvalue weighted by Gasteiger charge is -2.16. The lowest BCUT2D eigenvalue weighted by molar-refractivity contribution is 0.588. The molecule has 0 amide bonds. The molecule has 0 spiro atoms. The first-order valence-electron chi connectivity index (χ1n) is 5.68. The van der Waals surface area contributed by atoms with Gasteiger partial charge in [-0.2, -0.15) is 4.98 Å². The summed E-state index contributed by atoms with van der Waals surface area (Å²) in [5.41, 5.74) is 0.509. The van der Waals surface area contributed by atoms with E-state index in [1.807, 2.05) is 0 Å². The van der Waals surface area contributed by atoms with Gasteiger partial charge < -0.3 is 9.88 Å². The van der Waals surface area contributed by atoms with E-state index in [4.69, 9.17) is 46.4 Å². The second kappa shape index (κ2) is 6.31. The Morgan fingerprint density at radius 3 is 2.29 bits per heavy atom. The monoisotopic (exact) mass is 383 g/mol. The summed E-state index contributed by atoms with van der Waals surface area (Å²) in [6, 6.07) is 3.15. The van der Waals surface area contributed by atoms with Gasteiger partial charge >= 0.3 is 0 Å². The van der Waals surface area contributed by atoms with E-state index in [1.54, 1.807) is 25.5 Å². The molecule has 1 N–H and O–H groups in total. The van der Waals surface area contributed by atoms with E-state index in [1.165, 1.54) is 6.20 Å². The van der Waals surface area contributed by atoms with Crippen LogP contribution in [0.5, 0.6) is 0 Å². The summed E-state index contributed by atoms with van der Waals surface area (Å²) in [4.78, 5) is 7.75. The van der Waals surface area contributed by atoms with Crippen LogP contribution in [-0.2, 0) is 4.57 Å². The molecule has 0 unspecified atom stereocenters. The maximum atomic E-state index is 12.4. The molecule has 0 aliphatic carbocycles. The maximum absolute atomic E-state index is 12.4. The molecule has 0 saturated heterocycles. The fourth-order valence-electron chi connectivity index (χ4n) is 1.64. The Bertz CT molecular complexity index is 748. The number of rotatable bonds is 3. The highest BCUT2D eigenvalue weighted by Gasteiger charge is 2.19. The fraction of sp³-hybridized carbons (Fsp3) is 0.167. The van der Waals surface area contributed by atoms with Gasteiger partial charge in [0.05, 0.1) is 21.9 Å². The first kappa shape index (κ1) is 16.9. The highest BCUT2D eigenvalue weighted by molar-refractivity contribution is 7.70. The summed E-state index contributed by atoms with van der Waals surface area (Å²) in [6.45, 7) is 3.26. The zero-order valence-electron chi connectivity index (χ0n) is 11.0. The average Bonchev–Trinajstić information content (AvgIpc) is 2.36. The predicted octanol–water partition coefficient (Wildman–Crippen LogP) is 5.08. The van der Waals surface area contributed by atoms with Gasteiger partial charge in [-0.25, -0.2) is 4.98 Å². The Hall–Kier alpha value is -0.510. The largest absolute Gasteiger partial charge is 0.338 e. The Labute approximate surface area is 142 Å². The summed E-state index contributed by atoms with van der Waals surface area (Å²) in [6.07, 6.45) is 1.37. The molecule has 0 fully saturated rings. The molecule has 1 aromatic carbocycles. The number of hydrogen-bond donors (Lipinski definition) is 1. The number of nitrogens with zero attached hydrogens (tertiary/aromatic N) is 2. The Balaban J connectivity index is 2.56. The third kappa shape index (κ3) is 4.02. The smallest absolute Gasteiger partial charge is 0.224 e. The molecular formula is C12H10Cl4N3OP. The average molecular weight is 385 g/mol. The van der Waals surface area contributed by atoms with E-state index >= 15 is 0 Å². The van der Waals surface area contributed by atoms with Crippen LogP contribution < -0.4 is 10.6 Å². The Kier molecular flexibility index (Phi) is 5.07. The zero-order valence-corrected chi connectivity index (χ0v) is 14.9. The number of nitrogens with one attached hydrogen (secondary N) is 1. The first-order chi connectivity index (χ1) is 9.68. The second-order valence-corrected chi connectivity index (χ2v) is 9.34. The number of aromatic nitrogens is 2. The minimum absolute atomic E-state index is 0.0414. The number of hydrogen-bond acceptors (Lipinski definition) is 4. The van der Waals surface area contributed by atoms with Crippen LogP contribution in [0.2, 0.25) is 20.4 Å². The van der Waals surface area contributed by atoms with Crippen molar-refractivity contribution >= 4 is 70.4 Å². The van der Waals surface area contributed by atoms with Crippen molar-refractivity contribution in [3.8, 4) is 0 Å². The van der Waals surface area contributed by atoms with Crippen molar-refractivity contribution in [1.29, 1.82) is 0 Å². The van der Waals surface area contributed by atoms with Gasteiger partial charge in [0.1, 0.15) is 12.2 Å². The van der Waals surface area contributed by atoms with E-state index in [-0.39, 0.29) is 10.3 Å². The molecule has 1 aromatic heterocycles. The topological polar surface area (TPSA) is 54.9 Å². The molecule has 112 valence electrons. The van der Waals surface area contributed by atoms with Crippen molar-refractivity contribution < 1.29 is 4.57 Å². The molecule has 21 heavy (non-hydrogen) atoms. The highest BCUT2D eigenvalue weighted by Crippen LogP contribution is 2.41. The normalized spacial score (nSPS) is 11.5. The van der Waals surface area contributed by atoms with Gasteiger partial charge in [-0.1, -0.05) is 34.8 Å². The van der Waals surface area contributed by atoms with E-state index < -0.39 is 7.14 Å². The number of anilines is 2. The summed E-state index contributed by atoms with van der Waals surface area (Å²) >= 11 is 23.8. The molecule has 9 heteroatoms. The van der Waals surface area contributed by atoms with Crippen LogP contribution in [0.15, 0.2) is 18.3 Å². The van der Waals surface area contributed by atoms with Crippen molar-refractivity contribution in [2.45, 2.75) is 0 Å². The van der Waals surface area contributed by atoms with Crippen molar-refractivity contribution in [2.24, 2.45) is 0 Å². The maximum Gasteiger partial charge on any atom is 0.224 e. The fourth-order valence-corrected chi connectivity index (χ4v) is 3.46. The zero-order chi connectivity index (χ0) is 15.8. The molecule has 2 rings (SSSR count). The summed E-state index contributed by atoms with van der Waals surface area (Å²) < 4.78 is 12.4. The summed E-state index contributed by atoms with van der Waals surface area (Å²) in [7, 11) is -2.59. The molecule has 0 bridgehead atoms. The van der Waals surface area contributed by atoms with Gasteiger partial charge in [0.2, 0.25) is 5.28 Å². The van der Waals surface area contributed by atoms with Gasteiger partial charge in [-0.05, 0) is 37.1 Å². The highest BCUT2D eigenvalue weighted by atomic mass is 35.5. The van der Waals surface area contributed by atoms with Crippen molar-refractivity contribution in [1.82, 2.24) is 9.97 Å². The SMILES string of the molecule is CP(C)(=O)c1cc(Cl)c(Cl)cc1Nc1nc(Cl)ncc1Cl. The van der Waals surface area contributed by atoms with Gasteiger partial charge in [0.15, 0.2) is 5.82 Å². The lowest BCUT2D eigenvalue weighted by Crippen LogP contribution is -2.11. The lowest BCUT2D eigenvalue weighted by atomic mass is 10.3. The molecule has 0 saturated carbocycles. The standard InChI is InChI=1S/C12H10Cl4N3OP/c1-21(2,20)10-4-7(14)6(13)3-9(10)18-11-8(15)5-17-12(16)19-11/h3-5H,1-2H3,(H,17,18,19). The van der Waals surface area contributed by atoms with Crippen LogP contribution >= 0.6 is 53.5 Å². The van der Waals surface area contributed by atoms with E-state index in [9.17, 15) is 4.57 Å². The van der Waals surface area contributed by atoms with Crippen molar-refractivity contribution in [3.05, 3.63) is 38.7 Å². The van der Waals surface area contributed by atoms with Crippen LogP contribution in [0.4, 0.5) is 11.5 Å². The molecule has 1 heterocycles. The Morgan fingerprint density at radius 1 is 1.05 bits per heavy atom. The Morgan fingerprint density at radius 2 is 1.67 bits per heavy atom. The van der Waals surface area contributed by atoms with Gasteiger partial charge in [-0.15, -0.1) is 0 Å². The molecule has 4 nitrogen and oxygen atoms in total. The van der Waals surface area contributed by atoms with Crippen molar-refractivity contribution in [2.75, 3.05) is 18.6 Å². The predicted molar refractivity (Wildman–Crippen MR) is 90.9 cm³/mol. The number of benzene rings is 1. The van der Waals surface area contributed by atoms with Crippen LogP contribution in [-0.4, -0.2) is 23.3 Å². The minimum Gasteiger partial charge on any atom is -0.338 e. The molecular weight excluding hydrogens is 375 g/mol. The van der Waals surface area contributed by atoms with E-state index in [2.05, 4.69) is 15.3 Å². The van der Waals surface area contributed by atoms with Gasteiger partial charge in [0, 0.05) is 5.30 Å². The van der Waals surface area contributed by atoms with Gasteiger partial charge in [-0.3, -0.25) is 0 Å². The third-order valence-corrected chi connectivity index (χ3v) is 5.30. The van der Waals surface area contributed by atoms with Crippen LogP contribution in [0.25, 0.3) is 0 Å². The van der Waals surface area contributed by atoms with E-state index in [0.717, 1.165) is 0 Å².